The number of thiophene rings is 1. The molecule has 0 fully saturated rings. The van der Waals surface area contributed by atoms with Gasteiger partial charge in [0.05, 0.1) is 24.4 Å². The predicted molar refractivity (Wildman–Crippen MR) is 120 cm³/mol. The molecule has 2 aromatic heterocycles. The second-order valence-electron chi connectivity index (χ2n) is 6.52. The van der Waals surface area contributed by atoms with Crippen LogP contribution in [0.5, 0.6) is 5.75 Å². The molecule has 2 heterocycles. The molecule has 1 amide bonds. The number of unbranched alkanes of at least 4 members (excludes halogenated alkanes) is 2. The number of nitriles is 1. The minimum atomic E-state index is -0.0623. The summed E-state index contributed by atoms with van der Waals surface area (Å²) in [5, 5.41) is 14.2. The van der Waals surface area contributed by atoms with Crippen LogP contribution in [0.15, 0.2) is 45.7 Å². The number of anilines is 1. The molecule has 3 rings (SSSR count). The van der Waals surface area contributed by atoms with E-state index >= 15 is 0 Å². The van der Waals surface area contributed by atoms with E-state index in [1.54, 1.807) is 35.9 Å². The number of carbonyl (C=O) groups excluding carboxylic acids is 1. The lowest BCUT2D eigenvalue weighted by molar-refractivity contribution is -0.116. The minimum absolute atomic E-state index is 0.0377. The summed E-state index contributed by atoms with van der Waals surface area (Å²) in [6, 6.07) is 11.1. The van der Waals surface area contributed by atoms with Crippen molar-refractivity contribution in [3.63, 3.8) is 0 Å². The first-order valence-electron chi connectivity index (χ1n) is 9.54. The van der Waals surface area contributed by atoms with Gasteiger partial charge in [0.2, 0.25) is 5.91 Å². The largest absolute Gasteiger partial charge is 0.497 e. The fourth-order valence-electron chi connectivity index (χ4n) is 2.96. The average molecular weight is 443 g/mol. The van der Waals surface area contributed by atoms with Gasteiger partial charge in [-0.1, -0.05) is 18.2 Å². The van der Waals surface area contributed by atoms with E-state index in [9.17, 15) is 9.59 Å². The highest BCUT2D eigenvalue weighted by Crippen LogP contribution is 2.21. The van der Waals surface area contributed by atoms with E-state index in [-0.39, 0.29) is 17.2 Å². The van der Waals surface area contributed by atoms with Crippen molar-refractivity contribution in [2.24, 2.45) is 0 Å². The van der Waals surface area contributed by atoms with Crippen LogP contribution in [0.25, 0.3) is 10.2 Å². The highest BCUT2D eigenvalue weighted by Gasteiger charge is 2.12. The van der Waals surface area contributed by atoms with Gasteiger partial charge < -0.3 is 10.1 Å². The molecule has 0 saturated heterocycles. The van der Waals surface area contributed by atoms with Crippen LogP contribution in [-0.2, 0) is 11.3 Å². The maximum Gasteiger partial charge on any atom is 0.272 e. The smallest absolute Gasteiger partial charge is 0.272 e. The Labute approximate surface area is 182 Å². The quantitative estimate of drug-likeness (QED) is 0.286. The summed E-state index contributed by atoms with van der Waals surface area (Å²) in [5.74, 6) is 0.947. The number of aromatic nitrogens is 2. The maximum atomic E-state index is 12.8. The number of carbonyl (C=O) groups is 1. The van der Waals surface area contributed by atoms with Gasteiger partial charge in [-0.2, -0.15) is 5.26 Å². The fourth-order valence-corrected chi connectivity index (χ4v) is 4.42. The summed E-state index contributed by atoms with van der Waals surface area (Å²) in [5.41, 5.74) is 1.35. The molecule has 0 aliphatic rings. The molecule has 1 N–H and O–H groups in total. The van der Waals surface area contributed by atoms with Crippen molar-refractivity contribution in [1.29, 1.82) is 5.26 Å². The molecule has 0 aliphatic carbocycles. The summed E-state index contributed by atoms with van der Waals surface area (Å²) in [4.78, 5) is 29.4. The number of rotatable bonds is 10. The molecule has 0 spiro atoms. The summed E-state index contributed by atoms with van der Waals surface area (Å²) < 4.78 is 7.39. The third-order valence-electron chi connectivity index (χ3n) is 4.46. The van der Waals surface area contributed by atoms with Crippen molar-refractivity contribution in [3.8, 4) is 11.8 Å². The average Bonchev–Trinajstić information content (AvgIpc) is 3.23. The van der Waals surface area contributed by atoms with Crippen LogP contribution in [-0.4, -0.2) is 28.3 Å². The second kappa shape index (κ2) is 10.8. The number of methoxy groups -OCH3 is 1. The maximum absolute atomic E-state index is 12.8. The van der Waals surface area contributed by atoms with E-state index in [0.717, 1.165) is 30.7 Å². The van der Waals surface area contributed by atoms with Crippen LogP contribution >= 0.6 is 23.1 Å². The first-order valence-corrected chi connectivity index (χ1v) is 11.4. The zero-order valence-electron chi connectivity index (χ0n) is 16.6. The van der Waals surface area contributed by atoms with E-state index in [1.807, 2.05) is 11.4 Å². The van der Waals surface area contributed by atoms with Gasteiger partial charge >= 0.3 is 0 Å². The number of hydrogen-bond donors (Lipinski definition) is 1. The monoisotopic (exact) mass is 442 g/mol. The van der Waals surface area contributed by atoms with Crippen molar-refractivity contribution in [2.75, 3.05) is 18.2 Å². The Kier molecular flexibility index (Phi) is 7.88. The van der Waals surface area contributed by atoms with E-state index in [4.69, 9.17) is 10.00 Å². The summed E-state index contributed by atoms with van der Waals surface area (Å²) in [6.07, 6.45) is 2.72. The first-order chi connectivity index (χ1) is 14.6. The van der Waals surface area contributed by atoms with Gasteiger partial charge in [0.1, 0.15) is 10.4 Å². The molecule has 156 valence electrons. The Bertz CT molecular complexity index is 1100. The van der Waals surface area contributed by atoms with Gasteiger partial charge in [-0.25, -0.2) is 4.98 Å². The van der Waals surface area contributed by atoms with Crippen LogP contribution in [0, 0.1) is 11.3 Å². The number of thioether (sulfide) groups is 1. The van der Waals surface area contributed by atoms with Crippen molar-refractivity contribution < 1.29 is 9.53 Å². The molecule has 9 heteroatoms. The lowest BCUT2D eigenvalue weighted by Crippen LogP contribution is -2.22. The first kappa shape index (κ1) is 21.9. The number of nitrogens with zero attached hydrogens (tertiary/aromatic N) is 3. The Morgan fingerprint density at radius 1 is 1.27 bits per heavy atom. The third-order valence-corrected chi connectivity index (χ3v) is 6.19. The van der Waals surface area contributed by atoms with Crippen molar-refractivity contribution in [3.05, 3.63) is 46.1 Å². The van der Waals surface area contributed by atoms with Crippen LogP contribution in [0.4, 0.5) is 5.69 Å². The third kappa shape index (κ3) is 5.62. The Morgan fingerprint density at radius 2 is 2.07 bits per heavy atom. The summed E-state index contributed by atoms with van der Waals surface area (Å²) >= 11 is 2.65. The summed E-state index contributed by atoms with van der Waals surface area (Å²) in [6.45, 7) is 0.521. The fraction of sp³-hybridized carbons (Fsp3) is 0.333. The molecule has 0 atom stereocenters. The zero-order valence-corrected chi connectivity index (χ0v) is 18.2. The Hall–Kier alpha value is -2.83. The van der Waals surface area contributed by atoms with Gasteiger partial charge in [-0.3, -0.25) is 14.2 Å². The molecule has 0 radical (unpaired) electrons. The van der Waals surface area contributed by atoms with E-state index in [0.29, 0.717) is 28.3 Å². The van der Waals surface area contributed by atoms with E-state index < -0.39 is 0 Å². The molecular formula is C21H22N4O3S2. The number of benzene rings is 1. The highest BCUT2D eigenvalue weighted by atomic mass is 32.2. The Morgan fingerprint density at radius 3 is 2.80 bits per heavy atom. The molecule has 0 aliphatic heterocycles. The summed E-state index contributed by atoms with van der Waals surface area (Å²) in [7, 11) is 1.60. The van der Waals surface area contributed by atoms with Gasteiger partial charge in [0.15, 0.2) is 5.16 Å². The standard InChI is InChI=1S/C21H22N4O3S2/c1-28-16-8-6-15(7-9-16)23-18(26)5-3-2-4-12-25-20(27)19-17(10-13-29-19)24-21(25)30-14-11-22/h6-10,13H,2-5,12,14H2,1H3,(H,23,26). The van der Waals surface area contributed by atoms with Crippen molar-refractivity contribution in [1.82, 2.24) is 9.55 Å². The van der Waals surface area contributed by atoms with Crippen molar-refractivity contribution in [2.45, 2.75) is 37.4 Å². The molecule has 3 aromatic rings. The van der Waals surface area contributed by atoms with Gasteiger partial charge in [-0.15, -0.1) is 11.3 Å². The molecule has 0 unspecified atom stereocenters. The zero-order chi connectivity index (χ0) is 21.3. The number of amides is 1. The van der Waals surface area contributed by atoms with E-state index in [1.165, 1.54) is 23.1 Å². The number of fused-ring (bicyclic) bond motifs is 1. The van der Waals surface area contributed by atoms with Crippen LogP contribution in [0.1, 0.15) is 25.7 Å². The van der Waals surface area contributed by atoms with Crippen LogP contribution in [0.2, 0.25) is 0 Å². The number of ether oxygens (including phenoxy) is 1. The molecule has 7 nitrogen and oxygen atoms in total. The van der Waals surface area contributed by atoms with Gasteiger partial charge in [0.25, 0.3) is 5.56 Å². The van der Waals surface area contributed by atoms with E-state index in [2.05, 4.69) is 16.4 Å². The highest BCUT2D eigenvalue weighted by molar-refractivity contribution is 7.99. The van der Waals surface area contributed by atoms with Gasteiger partial charge in [-0.05, 0) is 48.6 Å². The second-order valence-corrected chi connectivity index (χ2v) is 8.38. The lowest BCUT2D eigenvalue weighted by atomic mass is 10.2. The number of hydrogen-bond acceptors (Lipinski definition) is 7. The topological polar surface area (TPSA) is 97.0 Å². The molecule has 30 heavy (non-hydrogen) atoms. The molecule has 1 aromatic carbocycles. The molecule has 0 saturated carbocycles. The number of nitrogens with one attached hydrogen (secondary N) is 1. The van der Waals surface area contributed by atoms with Crippen molar-refractivity contribution >= 4 is 44.9 Å². The van der Waals surface area contributed by atoms with Gasteiger partial charge in [0, 0.05) is 18.7 Å². The Balaban J connectivity index is 1.50. The molecule has 0 bridgehead atoms. The molecular weight excluding hydrogens is 420 g/mol. The SMILES string of the molecule is COc1ccc(NC(=O)CCCCCn2c(SCC#N)nc3ccsc3c2=O)cc1. The minimum Gasteiger partial charge on any atom is -0.497 e. The normalized spacial score (nSPS) is 10.7. The van der Waals surface area contributed by atoms with Crippen LogP contribution in [0.3, 0.4) is 0 Å². The predicted octanol–water partition coefficient (Wildman–Crippen LogP) is 4.28. The van der Waals surface area contributed by atoms with Crippen LogP contribution < -0.4 is 15.6 Å². The lowest BCUT2D eigenvalue weighted by Gasteiger charge is -2.11.